The van der Waals surface area contributed by atoms with Crippen molar-refractivity contribution in [2.24, 2.45) is 11.8 Å². The van der Waals surface area contributed by atoms with Crippen LogP contribution in [-0.4, -0.2) is 15.6 Å². The summed E-state index contributed by atoms with van der Waals surface area (Å²) in [5.74, 6) is 1.67. The highest BCUT2D eigenvalue weighted by Gasteiger charge is 2.28. The Morgan fingerprint density at radius 2 is 2.36 bits per heavy atom. The van der Waals surface area contributed by atoms with Crippen molar-refractivity contribution in [3.05, 3.63) is 11.1 Å². The Labute approximate surface area is 89.1 Å². The van der Waals surface area contributed by atoms with E-state index in [9.17, 15) is 0 Å². The Morgan fingerprint density at radius 3 is 2.93 bits per heavy atom. The van der Waals surface area contributed by atoms with Gasteiger partial charge >= 0.3 is 0 Å². The summed E-state index contributed by atoms with van der Waals surface area (Å²) in [6, 6.07) is 0.687. The van der Waals surface area contributed by atoms with Gasteiger partial charge in [-0.1, -0.05) is 18.3 Å². The Bertz CT molecular complexity index is 273. The van der Waals surface area contributed by atoms with Gasteiger partial charge < -0.3 is 5.32 Å². The van der Waals surface area contributed by atoms with Crippen LogP contribution in [0.2, 0.25) is 0 Å². The molecule has 14 heavy (non-hydrogen) atoms. The molecule has 2 rings (SSSR count). The van der Waals surface area contributed by atoms with E-state index in [1.54, 1.807) is 0 Å². The van der Waals surface area contributed by atoms with E-state index in [-0.39, 0.29) is 0 Å². The number of rotatable bonds is 3. The average molecular weight is 211 g/mol. The first kappa shape index (κ1) is 10.1. The average Bonchev–Trinajstić information content (AvgIpc) is 2.77. The first-order valence-electron chi connectivity index (χ1n) is 5.27. The molecule has 1 aromatic heterocycles. The number of hydrogen-bond acceptors (Lipinski definition) is 4. The van der Waals surface area contributed by atoms with E-state index in [0.29, 0.717) is 6.04 Å². The van der Waals surface area contributed by atoms with Gasteiger partial charge in [0.15, 0.2) is 0 Å². The summed E-state index contributed by atoms with van der Waals surface area (Å²) < 4.78 is 3.85. The van der Waals surface area contributed by atoms with Crippen molar-refractivity contribution in [3.63, 3.8) is 0 Å². The maximum Gasteiger partial charge on any atom is 0.0666 e. The molecular weight excluding hydrogens is 194 g/mol. The maximum atomic E-state index is 3.85. The lowest BCUT2D eigenvalue weighted by Crippen LogP contribution is -2.31. The smallest absolute Gasteiger partial charge is 0.0666 e. The van der Waals surface area contributed by atoms with Crippen molar-refractivity contribution in [2.45, 2.75) is 39.3 Å². The predicted octanol–water partition coefficient (Wildman–Crippen LogP) is 2.06. The van der Waals surface area contributed by atoms with Gasteiger partial charge in [-0.25, -0.2) is 0 Å². The Morgan fingerprint density at radius 1 is 1.50 bits per heavy atom. The van der Waals surface area contributed by atoms with Crippen molar-refractivity contribution >= 4 is 11.5 Å². The molecule has 4 heteroatoms. The topological polar surface area (TPSA) is 37.8 Å². The predicted molar refractivity (Wildman–Crippen MR) is 58.1 cm³/mol. The van der Waals surface area contributed by atoms with Crippen LogP contribution in [0.5, 0.6) is 0 Å². The molecule has 0 aromatic carbocycles. The minimum absolute atomic E-state index is 0.687. The van der Waals surface area contributed by atoms with E-state index in [1.807, 2.05) is 6.20 Å². The fourth-order valence-electron chi connectivity index (χ4n) is 2.15. The fourth-order valence-corrected chi connectivity index (χ4v) is 2.59. The second-order valence-electron chi connectivity index (χ2n) is 4.28. The molecule has 0 spiro atoms. The summed E-state index contributed by atoms with van der Waals surface area (Å²) in [5.41, 5.74) is 0. The number of hydrogen-bond donors (Lipinski definition) is 1. The summed E-state index contributed by atoms with van der Waals surface area (Å²) in [4.78, 5) is 1.23. The lowest BCUT2D eigenvalue weighted by molar-refractivity contribution is 0.370. The molecule has 3 atom stereocenters. The summed E-state index contributed by atoms with van der Waals surface area (Å²) in [7, 11) is 0. The highest BCUT2D eigenvalue weighted by atomic mass is 32.1. The Balaban J connectivity index is 1.81. The molecular formula is C10H17N3S. The van der Waals surface area contributed by atoms with Crippen molar-refractivity contribution < 1.29 is 0 Å². The zero-order valence-corrected chi connectivity index (χ0v) is 9.55. The number of nitrogens with zero attached hydrogens (tertiary/aromatic N) is 2. The fraction of sp³-hybridized carbons (Fsp3) is 0.800. The van der Waals surface area contributed by atoms with Crippen LogP contribution in [0.3, 0.4) is 0 Å². The lowest BCUT2D eigenvalue weighted by atomic mass is 9.98. The first-order valence-corrected chi connectivity index (χ1v) is 6.04. The molecule has 78 valence electrons. The van der Waals surface area contributed by atoms with Gasteiger partial charge in [0.05, 0.1) is 11.1 Å². The molecule has 0 amide bonds. The lowest BCUT2D eigenvalue weighted by Gasteiger charge is -2.18. The molecule has 1 fully saturated rings. The largest absolute Gasteiger partial charge is 0.309 e. The molecule has 3 unspecified atom stereocenters. The van der Waals surface area contributed by atoms with Gasteiger partial charge in [0.1, 0.15) is 0 Å². The molecule has 1 N–H and O–H groups in total. The molecule has 1 aliphatic carbocycles. The second-order valence-corrected chi connectivity index (χ2v) is 5.16. The van der Waals surface area contributed by atoms with Gasteiger partial charge in [0, 0.05) is 12.6 Å². The third-order valence-electron chi connectivity index (χ3n) is 3.41. The summed E-state index contributed by atoms with van der Waals surface area (Å²) in [6.07, 6.45) is 4.52. The zero-order valence-electron chi connectivity index (χ0n) is 8.73. The van der Waals surface area contributed by atoms with Crippen molar-refractivity contribution in [1.82, 2.24) is 14.9 Å². The van der Waals surface area contributed by atoms with Crippen molar-refractivity contribution in [1.29, 1.82) is 0 Å². The van der Waals surface area contributed by atoms with Crippen LogP contribution in [0.15, 0.2) is 6.20 Å². The molecule has 1 saturated carbocycles. The molecule has 0 radical (unpaired) electrons. The third-order valence-corrected chi connectivity index (χ3v) is 4.07. The Hall–Kier alpha value is -0.480. The van der Waals surface area contributed by atoms with Gasteiger partial charge in [-0.3, -0.25) is 0 Å². The molecule has 0 aliphatic heterocycles. The van der Waals surface area contributed by atoms with Crippen LogP contribution < -0.4 is 5.32 Å². The highest BCUT2D eigenvalue weighted by molar-refractivity contribution is 7.05. The maximum absolute atomic E-state index is 3.85. The SMILES string of the molecule is CC1CCC(NCc2cnns2)C1C. The van der Waals surface area contributed by atoms with Crippen molar-refractivity contribution in [3.8, 4) is 0 Å². The normalized spacial score (nSPS) is 32.3. The van der Waals surface area contributed by atoms with Gasteiger partial charge in [0.25, 0.3) is 0 Å². The van der Waals surface area contributed by atoms with Gasteiger partial charge in [-0.2, -0.15) is 0 Å². The minimum Gasteiger partial charge on any atom is -0.309 e. The quantitative estimate of drug-likeness (QED) is 0.831. The summed E-state index contributed by atoms with van der Waals surface area (Å²) in [5, 5.41) is 7.42. The highest BCUT2D eigenvalue weighted by Crippen LogP contribution is 2.31. The van der Waals surface area contributed by atoms with Crippen LogP contribution in [0, 0.1) is 11.8 Å². The van der Waals surface area contributed by atoms with Crippen LogP contribution in [0.25, 0.3) is 0 Å². The van der Waals surface area contributed by atoms with Crippen molar-refractivity contribution in [2.75, 3.05) is 0 Å². The van der Waals surface area contributed by atoms with E-state index >= 15 is 0 Å². The molecule has 0 bridgehead atoms. The third kappa shape index (κ3) is 2.12. The zero-order chi connectivity index (χ0) is 9.97. The Kier molecular flexibility index (Phi) is 3.13. The van der Waals surface area contributed by atoms with E-state index in [2.05, 4.69) is 28.8 Å². The summed E-state index contributed by atoms with van der Waals surface area (Å²) in [6.45, 7) is 5.63. The van der Waals surface area contributed by atoms with Gasteiger partial charge in [0.2, 0.25) is 0 Å². The first-order chi connectivity index (χ1) is 6.77. The van der Waals surface area contributed by atoms with E-state index in [0.717, 1.165) is 18.4 Å². The monoisotopic (exact) mass is 211 g/mol. The van der Waals surface area contributed by atoms with E-state index in [4.69, 9.17) is 0 Å². The molecule has 1 aromatic rings. The molecule has 0 saturated heterocycles. The number of aromatic nitrogens is 2. The molecule has 1 heterocycles. The van der Waals surface area contributed by atoms with Gasteiger partial charge in [-0.15, -0.1) is 5.10 Å². The van der Waals surface area contributed by atoms with Crippen LogP contribution >= 0.6 is 11.5 Å². The standard InChI is InChI=1S/C10H17N3S/c1-7-3-4-10(8(7)2)11-5-9-6-12-13-14-9/h6-8,10-11H,3-5H2,1-2H3. The van der Waals surface area contributed by atoms with E-state index in [1.165, 1.54) is 29.3 Å². The summed E-state index contributed by atoms with van der Waals surface area (Å²) >= 11 is 1.48. The van der Waals surface area contributed by atoms with E-state index < -0.39 is 0 Å². The van der Waals surface area contributed by atoms with Crippen LogP contribution in [0.1, 0.15) is 31.6 Å². The molecule has 1 aliphatic rings. The van der Waals surface area contributed by atoms with Crippen LogP contribution in [0.4, 0.5) is 0 Å². The van der Waals surface area contributed by atoms with Gasteiger partial charge in [-0.05, 0) is 36.2 Å². The second kappa shape index (κ2) is 4.36. The minimum atomic E-state index is 0.687. The number of nitrogens with one attached hydrogen (secondary N) is 1. The van der Waals surface area contributed by atoms with Crippen LogP contribution in [-0.2, 0) is 6.54 Å². The molecule has 3 nitrogen and oxygen atoms in total.